The molecule has 1 fully saturated rings. The van der Waals surface area contributed by atoms with Gasteiger partial charge in [0.15, 0.2) is 0 Å². The molecule has 1 aromatic heterocycles. The Morgan fingerprint density at radius 3 is 2.86 bits per heavy atom. The molecule has 0 atom stereocenters. The molecule has 1 aliphatic rings. The Labute approximate surface area is 133 Å². The maximum atomic E-state index is 6.21. The molecule has 2 N–H and O–H groups in total. The third-order valence-corrected chi connectivity index (χ3v) is 4.48. The molecule has 0 amide bonds. The molecule has 4 nitrogen and oxygen atoms in total. The topological polar surface area (TPSA) is 51.4 Å². The van der Waals surface area contributed by atoms with Gasteiger partial charge in [-0.15, -0.1) is 0 Å². The molecule has 1 aromatic carbocycles. The van der Waals surface area contributed by atoms with E-state index < -0.39 is 0 Å². The predicted molar refractivity (Wildman–Crippen MR) is 90.7 cm³/mol. The van der Waals surface area contributed by atoms with Crippen molar-refractivity contribution in [3.63, 3.8) is 0 Å². The van der Waals surface area contributed by atoms with Crippen molar-refractivity contribution in [2.24, 2.45) is 0 Å². The van der Waals surface area contributed by atoms with E-state index in [2.05, 4.69) is 38.8 Å². The molecule has 0 spiro atoms. The van der Waals surface area contributed by atoms with Crippen molar-refractivity contribution in [1.82, 2.24) is 4.98 Å². The first-order valence-corrected chi connectivity index (χ1v) is 8.18. The zero-order chi connectivity index (χ0) is 14.8. The van der Waals surface area contributed by atoms with Crippen LogP contribution in [-0.2, 0) is 4.74 Å². The minimum atomic E-state index is 0.382. The van der Waals surface area contributed by atoms with E-state index in [4.69, 9.17) is 10.5 Å². The van der Waals surface area contributed by atoms with Crippen LogP contribution in [0.15, 0.2) is 28.9 Å². The third-order valence-electron chi connectivity index (χ3n) is 3.99. The molecule has 2 aromatic rings. The number of rotatable bonds is 3. The maximum Gasteiger partial charge on any atom is 0.0745 e. The normalized spacial score (nSPS) is 16.6. The van der Waals surface area contributed by atoms with E-state index in [9.17, 15) is 0 Å². The van der Waals surface area contributed by atoms with Crippen LogP contribution in [-0.4, -0.2) is 30.8 Å². The summed E-state index contributed by atoms with van der Waals surface area (Å²) in [5, 5.41) is 1.11. The minimum Gasteiger partial charge on any atom is -0.396 e. The van der Waals surface area contributed by atoms with Crippen LogP contribution in [0.4, 0.5) is 11.4 Å². The quantitative estimate of drug-likeness (QED) is 0.919. The molecule has 0 radical (unpaired) electrons. The molecule has 0 aliphatic carbocycles. The lowest BCUT2D eigenvalue weighted by molar-refractivity contribution is 0.0460. The lowest BCUT2D eigenvalue weighted by Crippen LogP contribution is -2.37. The predicted octanol–water partition coefficient (Wildman–Crippen LogP) is 3.58. The summed E-state index contributed by atoms with van der Waals surface area (Å²) in [7, 11) is 0. The van der Waals surface area contributed by atoms with Crippen LogP contribution >= 0.6 is 15.9 Å². The average molecular weight is 350 g/mol. The summed E-state index contributed by atoms with van der Waals surface area (Å²) in [6, 6.07) is 6.13. The van der Waals surface area contributed by atoms with Crippen LogP contribution in [0.2, 0.25) is 0 Å². The van der Waals surface area contributed by atoms with Crippen LogP contribution in [0.3, 0.4) is 0 Å². The highest BCUT2D eigenvalue weighted by molar-refractivity contribution is 9.10. The highest BCUT2D eigenvalue weighted by Gasteiger charge is 2.22. The second-order valence-electron chi connectivity index (χ2n) is 5.37. The molecule has 112 valence electrons. The number of ether oxygens (including phenoxy) is 1. The van der Waals surface area contributed by atoms with Crippen LogP contribution < -0.4 is 10.6 Å². The first-order chi connectivity index (χ1) is 10.2. The fourth-order valence-corrected chi connectivity index (χ4v) is 3.36. The number of nitrogens with two attached hydrogens (primary N) is 1. The van der Waals surface area contributed by atoms with Gasteiger partial charge in [-0.2, -0.15) is 0 Å². The second kappa shape index (κ2) is 6.20. The number of nitrogens with zero attached hydrogens (tertiary/aromatic N) is 2. The molecule has 3 rings (SSSR count). The Morgan fingerprint density at radius 1 is 1.38 bits per heavy atom. The van der Waals surface area contributed by atoms with Gasteiger partial charge in [-0.05, 0) is 38.0 Å². The lowest BCUT2D eigenvalue weighted by atomic mass is 10.0. The van der Waals surface area contributed by atoms with Crippen LogP contribution in [0, 0.1) is 0 Å². The fourth-order valence-electron chi connectivity index (χ4n) is 3.00. The number of aromatic nitrogens is 1. The highest BCUT2D eigenvalue weighted by Crippen LogP contribution is 2.34. The van der Waals surface area contributed by atoms with Gasteiger partial charge in [0.2, 0.25) is 0 Å². The Morgan fingerprint density at radius 2 is 2.14 bits per heavy atom. The Bertz CT molecular complexity index is 633. The Kier molecular flexibility index (Phi) is 4.31. The van der Waals surface area contributed by atoms with E-state index in [1.54, 1.807) is 6.20 Å². The van der Waals surface area contributed by atoms with Crippen molar-refractivity contribution in [2.75, 3.05) is 30.3 Å². The van der Waals surface area contributed by atoms with E-state index in [0.29, 0.717) is 6.10 Å². The molecule has 1 aliphatic heterocycles. The van der Waals surface area contributed by atoms with Gasteiger partial charge >= 0.3 is 0 Å². The summed E-state index contributed by atoms with van der Waals surface area (Å²) < 4.78 is 6.78. The Hall–Kier alpha value is -1.33. The van der Waals surface area contributed by atoms with Crippen molar-refractivity contribution < 1.29 is 4.74 Å². The zero-order valence-corrected chi connectivity index (χ0v) is 13.8. The van der Waals surface area contributed by atoms with Crippen molar-refractivity contribution >= 4 is 38.2 Å². The van der Waals surface area contributed by atoms with Gasteiger partial charge < -0.3 is 15.4 Å². The number of nitrogen functional groups attached to an aromatic ring is 1. The van der Waals surface area contributed by atoms with Crippen molar-refractivity contribution in [2.45, 2.75) is 25.9 Å². The van der Waals surface area contributed by atoms with Crippen LogP contribution in [0.25, 0.3) is 10.9 Å². The minimum absolute atomic E-state index is 0.382. The number of hydrogen-bond acceptors (Lipinski definition) is 4. The van der Waals surface area contributed by atoms with E-state index in [-0.39, 0.29) is 0 Å². The van der Waals surface area contributed by atoms with Crippen molar-refractivity contribution in [1.29, 1.82) is 0 Å². The summed E-state index contributed by atoms with van der Waals surface area (Å²) in [5.41, 5.74) is 9.04. The summed E-state index contributed by atoms with van der Waals surface area (Å²) in [5.74, 6) is 0. The van der Waals surface area contributed by atoms with Gasteiger partial charge in [0.25, 0.3) is 0 Å². The van der Waals surface area contributed by atoms with Gasteiger partial charge in [-0.1, -0.05) is 15.9 Å². The number of hydrogen-bond donors (Lipinski definition) is 1. The molecule has 21 heavy (non-hydrogen) atoms. The molecule has 5 heteroatoms. The number of piperidine rings is 1. The molecule has 0 unspecified atom stereocenters. The van der Waals surface area contributed by atoms with Gasteiger partial charge in [0.05, 0.1) is 29.2 Å². The lowest BCUT2D eigenvalue weighted by Gasteiger charge is -2.34. The molecular weight excluding hydrogens is 330 g/mol. The van der Waals surface area contributed by atoms with Gasteiger partial charge in [0.1, 0.15) is 0 Å². The SMILES string of the molecule is CCOC1CCN(c2c(N)cnc3ccc(Br)cc23)CC1. The largest absolute Gasteiger partial charge is 0.396 e. The zero-order valence-electron chi connectivity index (χ0n) is 12.2. The molecule has 0 bridgehead atoms. The van der Waals surface area contributed by atoms with Crippen molar-refractivity contribution in [3.05, 3.63) is 28.9 Å². The van der Waals surface area contributed by atoms with Crippen molar-refractivity contribution in [3.8, 4) is 0 Å². The number of benzene rings is 1. The summed E-state index contributed by atoms with van der Waals surface area (Å²) in [6.07, 6.45) is 4.24. The molecular formula is C16H20BrN3O. The standard InChI is InChI=1S/C16H20BrN3O/c1-2-21-12-5-7-20(8-6-12)16-13-9-11(17)3-4-15(13)19-10-14(16)18/h3-4,9-10,12H,2,5-8,18H2,1H3. The first-order valence-electron chi connectivity index (χ1n) is 7.39. The summed E-state index contributed by atoms with van der Waals surface area (Å²) >= 11 is 3.54. The van der Waals surface area contributed by atoms with Crippen LogP contribution in [0.1, 0.15) is 19.8 Å². The van der Waals surface area contributed by atoms with E-state index in [0.717, 1.165) is 59.3 Å². The fraction of sp³-hybridized carbons (Fsp3) is 0.438. The molecule has 0 saturated carbocycles. The smallest absolute Gasteiger partial charge is 0.0745 e. The van der Waals surface area contributed by atoms with E-state index in [1.165, 1.54) is 0 Å². The summed E-state index contributed by atoms with van der Waals surface area (Å²) in [6.45, 7) is 4.79. The van der Waals surface area contributed by atoms with E-state index >= 15 is 0 Å². The number of halogens is 1. The van der Waals surface area contributed by atoms with Gasteiger partial charge in [0, 0.05) is 29.6 Å². The average Bonchev–Trinajstić information content (AvgIpc) is 2.48. The number of fused-ring (bicyclic) bond motifs is 1. The van der Waals surface area contributed by atoms with Gasteiger partial charge in [-0.25, -0.2) is 0 Å². The Balaban J connectivity index is 1.93. The number of anilines is 2. The van der Waals surface area contributed by atoms with E-state index in [1.807, 2.05) is 12.1 Å². The van der Waals surface area contributed by atoms with Crippen LogP contribution in [0.5, 0.6) is 0 Å². The first kappa shape index (κ1) is 14.6. The summed E-state index contributed by atoms with van der Waals surface area (Å²) in [4.78, 5) is 6.79. The highest BCUT2D eigenvalue weighted by atomic mass is 79.9. The van der Waals surface area contributed by atoms with Gasteiger partial charge in [-0.3, -0.25) is 4.98 Å². The molecule has 2 heterocycles. The molecule has 1 saturated heterocycles. The maximum absolute atomic E-state index is 6.21. The number of pyridine rings is 1. The monoisotopic (exact) mass is 349 g/mol. The third kappa shape index (κ3) is 2.99. The second-order valence-corrected chi connectivity index (χ2v) is 6.28.